The van der Waals surface area contributed by atoms with Crippen molar-refractivity contribution in [2.24, 2.45) is 0 Å². The summed E-state index contributed by atoms with van der Waals surface area (Å²) in [6, 6.07) is 13.3. The van der Waals surface area contributed by atoms with E-state index in [-0.39, 0.29) is 12.4 Å². The second-order valence-corrected chi connectivity index (χ2v) is 7.17. The van der Waals surface area contributed by atoms with Crippen LogP contribution in [0.4, 0.5) is 4.39 Å². The van der Waals surface area contributed by atoms with Gasteiger partial charge in [0.25, 0.3) is 5.91 Å². The Morgan fingerprint density at radius 2 is 1.90 bits per heavy atom. The highest BCUT2D eigenvalue weighted by molar-refractivity contribution is 6.05. The average Bonchev–Trinajstić information content (AvgIpc) is 3.19. The van der Waals surface area contributed by atoms with Crippen LogP contribution in [0.25, 0.3) is 10.9 Å². The van der Waals surface area contributed by atoms with Crippen molar-refractivity contribution in [1.82, 2.24) is 10.3 Å². The second-order valence-electron chi connectivity index (χ2n) is 7.17. The predicted octanol–water partition coefficient (Wildman–Crippen LogP) is 3.72. The molecule has 1 heterocycles. The number of pyridine rings is 1. The molecule has 1 amide bonds. The fraction of sp³-hybridized carbons (Fsp3) is 0.261. The Morgan fingerprint density at radius 3 is 2.69 bits per heavy atom. The lowest BCUT2D eigenvalue weighted by molar-refractivity contribution is -0.129. The van der Waals surface area contributed by atoms with Gasteiger partial charge in [0.1, 0.15) is 5.82 Å². The molecule has 0 fully saturated rings. The number of aromatic nitrogens is 1. The molecule has 0 radical (unpaired) electrons. The Labute approximate surface area is 167 Å². The van der Waals surface area contributed by atoms with Gasteiger partial charge in [-0.3, -0.25) is 9.78 Å². The number of para-hydroxylation sites is 1. The maximum absolute atomic E-state index is 13.0. The van der Waals surface area contributed by atoms with Crippen LogP contribution in [0.2, 0.25) is 0 Å². The van der Waals surface area contributed by atoms with Crippen LogP contribution >= 0.6 is 0 Å². The van der Waals surface area contributed by atoms with Gasteiger partial charge < -0.3 is 10.1 Å². The molecule has 6 heteroatoms. The number of carbonyl (C=O) groups is 2. The molecule has 1 aromatic heterocycles. The lowest BCUT2D eigenvalue weighted by atomic mass is 10.0. The fourth-order valence-electron chi connectivity index (χ4n) is 3.65. The number of carbonyl (C=O) groups excluding carboxylic acids is 2. The van der Waals surface area contributed by atoms with Gasteiger partial charge in [-0.05, 0) is 55.5 Å². The van der Waals surface area contributed by atoms with Gasteiger partial charge in [0, 0.05) is 17.6 Å². The van der Waals surface area contributed by atoms with E-state index in [1.54, 1.807) is 19.1 Å². The number of hydrogen-bond acceptors (Lipinski definition) is 4. The van der Waals surface area contributed by atoms with Crippen LogP contribution in [-0.4, -0.2) is 23.0 Å². The zero-order valence-corrected chi connectivity index (χ0v) is 16.1. The highest BCUT2D eigenvalue weighted by atomic mass is 19.1. The maximum Gasteiger partial charge on any atom is 0.339 e. The molecule has 1 N–H and O–H groups in total. The van der Waals surface area contributed by atoms with E-state index in [0.29, 0.717) is 5.56 Å². The first-order valence-corrected chi connectivity index (χ1v) is 9.66. The fourth-order valence-corrected chi connectivity index (χ4v) is 3.65. The molecule has 5 nitrogen and oxygen atoms in total. The molecule has 148 valence electrons. The van der Waals surface area contributed by atoms with Gasteiger partial charge in [-0.25, -0.2) is 9.18 Å². The largest absolute Gasteiger partial charge is 0.449 e. The molecule has 1 aliphatic rings. The van der Waals surface area contributed by atoms with Gasteiger partial charge in [0.2, 0.25) is 0 Å². The van der Waals surface area contributed by atoms with E-state index < -0.39 is 18.0 Å². The SMILES string of the molecule is CC(OC(=O)c1c2c(nc3ccccc13)CCC2)C(=O)NCc1ccc(F)cc1. The van der Waals surface area contributed by atoms with E-state index in [2.05, 4.69) is 10.3 Å². The first-order valence-electron chi connectivity index (χ1n) is 9.66. The Balaban J connectivity index is 1.49. The number of amides is 1. The van der Waals surface area contributed by atoms with Crippen LogP contribution in [0.1, 0.15) is 40.5 Å². The minimum atomic E-state index is -0.952. The highest BCUT2D eigenvalue weighted by Gasteiger charge is 2.27. The lowest BCUT2D eigenvalue weighted by Crippen LogP contribution is -2.35. The maximum atomic E-state index is 13.0. The number of hydrogen-bond donors (Lipinski definition) is 1. The van der Waals surface area contributed by atoms with Crippen LogP contribution < -0.4 is 5.32 Å². The van der Waals surface area contributed by atoms with Gasteiger partial charge >= 0.3 is 5.97 Å². The number of ether oxygens (including phenoxy) is 1. The van der Waals surface area contributed by atoms with E-state index in [1.807, 2.05) is 24.3 Å². The molecule has 2 aromatic carbocycles. The Hall–Kier alpha value is -3.28. The van der Waals surface area contributed by atoms with Crippen LogP contribution in [-0.2, 0) is 28.9 Å². The number of fused-ring (bicyclic) bond motifs is 2. The number of nitrogens with zero attached hydrogens (tertiary/aromatic N) is 1. The van der Waals surface area contributed by atoms with E-state index in [9.17, 15) is 14.0 Å². The quantitative estimate of drug-likeness (QED) is 0.672. The Bertz CT molecular complexity index is 1080. The van der Waals surface area contributed by atoms with Crippen LogP contribution in [0.5, 0.6) is 0 Å². The van der Waals surface area contributed by atoms with Crippen molar-refractivity contribution in [3.05, 3.63) is 76.7 Å². The Morgan fingerprint density at radius 1 is 1.14 bits per heavy atom. The van der Waals surface area contributed by atoms with Crippen LogP contribution in [0, 0.1) is 5.82 Å². The highest BCUT2D eigenvalue weighted by Crippen LogP contribution is 2.30. The topological polar surface area (TPSA) is 68.3 Å². The zero-order valence-electron chi connectivity index (χ0n) is 16.1. The minimum absolute atomic E-state index is 0.231. The standard InChI is InChI=1S/C23H21FN2O3/c1-14(22(27)25-13-15-9-11-16(24)12-10-15)29-23(28)21-17-5-2-3-7-19(17)26-20-8-4-6-18(20)21/h2-3,5,7,9-12,14H,4,6,8,13H2,1H3,(H,25,27). The third kappa shape index (κ3) is 3.97. The molecule has 1 unspecified atom stereocenters. The molecule has 0 spiro atoms. The molecular formula is C23H21FN2O3. The monoisotopic (exact) mass is 392 g/mol. The number of benzene rings is 2. The summed E-state index contributed by atoms with van der Waals surface area (Å²) >= 11 is 0. The third-order valence-electron chi connectivity index (χ3n) is 5.16. The molecule has 29 heavy (non-hydrogen) atoms. The first-order chi connectivity index (χ1) is 14.0. The van der Waals surface area contributed by atoms with E-state index >= 15 is 0 Å². The summed E-state index contributed by atoms with van der Waals surface area (Å²) in [6.45, 7) is 1.77. The van der Waals surface area contributed by atoms with Crippen molar-refractivity contribution in [2.75, 3.05) is 0 Å². The van der Waals surface area contributed by atoms with E-state index in [0.717, 1.165) is 47.0 Å². The normalized spacial score (nSPS) is 13.7. The average molecular weight is 392 g/mol. The summed E-state index contributed by atoms with van der Waals surface area (Å²) < 4.78 is 18.5. The lowest BCUT2D eigenvalue weighted by Gasteiger charge is -2.16. The van der Waals surface area contributed by atoms with Gasteiger partial charge in [0.05, 0.1) is 11.1 Å². The van der Waals surface area contributed by atoms with Crippen molar-refractivity contribution >= 4 is 22.8 Å². The minimum Gasteiger partial charge on any atom is -0.449 e. The van der Waals surface area contributed by atoms with Gasteiger partial charge in [-0.2, -0.15) is 0 Å². The molecule has 0 saturated heterocycles. The van der Waals surface area contributed by atoms with Crippen molar-refractivity contribution in [2.45, 2.75) is 38.8 Å². The number of halogens is 1. The summed E-state index contributed by atoms with van der Waals surface area (Å²) in [5.41, 5.74) is 3.89. The van der Waals surface area contributed by atoms with Gasteiger partial charge in [-0.15, -0.1) is 0 Å². The van der Waals surface area contributed by atoms with Crippen molar-refractivity contribution in [3.8, 4) is 0 Å². The molecule has 3 aromatic rings. The number of esters is 1. The van der Waals surface area contributed by atoms with Gasteiger partial charge in [-0.1, -0.05) is 30.3 Å². The summed E-state index contributed by atoms with van der Waals surface area (Å²) in [6.07, 6.45) is 1.62. The van der Waals surface area contributed by atoms with Crippen molar-refractivity contribution in [1.29, 1.82) is 0 Å². The number of nitrogens with one attached hydrogen (secondary N) is 1. The smallest absolute Gasteiger partial charge is 0.339 e. The summed E-state index contributed by atoms with van der Waals surface area (Å²) in [4.78, 5) is 30.0. The Kier molecular flexibility index (Phi) is 5.25. The van der Waals surface area contributed by atoms with E-state index in [4.69, 9.17) is 4.74 Å². The van der Waals surface area contributed by atoms with E-state index in [1.165, 1.54) is 12.1 Å². The summed E-state index contributed by atoms with van der Waals surface area (Å²) in [5.74, 6) is -1.25. The molecule has 0 saturated carbocycles. The zero-order chi connectivity index (χ0) is 20.4. The number of rotatable bonds is 5. The molecule has 0 bridgehead atoms. The predicted molar refractivity (Wildman–Crippen MR) is 107 cm³/mol. The summed E-state index contributed by atoms with van der Waals surface area (Å²) in [7, 11) is 0. The van der Waals surface area contributed by atoms with Crippen molar-refractivity contribution < 1.29 is 18.7 Å². The van der Waals surface area contributed by atoms with Crippen molar-refractivity contribution in [3.63, 3.8) is 0 Å². The first kappa shape index (κ1) is 19.1. The second kappa shape index (κ2) is 7.99. The molecule has 4 rings (SSSR count). The molecule has 1 aliphatic carbocycles. The van der Waals surface area contributed by atoms with Gasteiger partial charge in [0.15, 0.2) is 6.10 Å². The summed E-state index contributed by atoms with van der Waals surface area (Å²) in [5, 5.41) is 3.46. The third-order valence-corrected chi connectivity index (χ3v) is 5.16. The molecular weight excluding hydrogens is 371 g/mol. The molecule has 0 aliphatic heterocycles. The van der Waals surface area contributed by atoms with Crippen LogP contribution in [0.15, 0.2) is 48.5 Å². The van der Waals surface area contributed by atoms with Crippen LogP contribution in [0.3, 0.4) is 0 Å². The number of aryl methyl sites for hydroxylation is 1. The molecule has 1 atom stereocenters.